The minimum Gasteiger partial charge on any atom is -0.494 e. The van der Waals surface area contributed by atoms with Gasteiger partial charge in [-0.1, -0.05) is 80.6 Å². The van der Waals surface area contributed by atoms with Crippen molar-refractivity contribution in [1.82, 2.24) is 15.1 Å². The maximum absolute atomic E-state index is 12.6. The first-order valence-corrected chi connectivity index (χ1v) is 21.4. The van der Waals surface area contributed by atoms with E-state index in [1.54, 1.807) is 0 Å². The van der Waals surface area contributed by atoms with Crippen molar-refractivity contribution in [2.24, 2.45) is 0 Å². The van der Waals surface area contributed by atoms with Gasteiger partial charge in [-0.25, -0.2) is 0 Å². The van der Waals surface area contributed by atoms with Crippen LogP contribution in [0.1, 0.15) is 93.8 Å². The van der Waals surface area contributed by atoms with Gasteiger partial charge in [0.15, 0.2) is 12.2 Å². The molecule has 3 aromatic carbocycles. The van der Waals surface area contributed by atoms with Crippen molar-refractivity contribution in [2.75, 3.05) is 26.3 Å². The van der Waals surface area contributed by atoms with Crippen LogP contribution in [0.25, 0.3) is 0 Å². The van der Waals surface area contributed by atoms with Crippen LogP contribution in [-0.2, 0) is 72.0 Å². The minimum absolute atomic E-state index is 0.0143. The van der Waals surface area contributed by atoms with Crippen molar-refractivity contribution >= 4 is 29.8 Å². The monoisotopic (exact) mass is 885 g/mol. The minimum atomic E-state index is -1.45. The van der Waals surface area contributed by atoms with E-state index in [1.807, 2.05) is 87.5 Å². The Morgan fingerprint density at radius 2 is 1.41 bits per heavy atom. The summed E-state index contributed by atoms with van der Waals surface area (Å²) in [5, 5.41) is 7.55. The van der Waals surface area contributed by atoms with E-state index >= 15 is 0 Å². The Bertz CT molecular complexity index is 2160. The highest BCUT2D eigenvalue weighted by atomic mass is 16.7. The lowest BCUT2D eigenvalue weighted by molar-refractivity contribution is -0.289. The molecule has 1 fully saturated rings. The van der Waals surface area contributed by atoms with Gasteiger partial charge in [-0.3, -0.25) is 34.0 Å². The van der Waals surface area contributed by atoms with E-state index in [-0.39, 0.29) is 30.8 Å². The van der Waals surface area contributed by atoms with Gasteiger partial charge < -0.3 is 37.9 Å². The molecule has 344 valence electrons. The van der Waals surface area contributed by atoms with E-state index in [1.165, 1.54) is 6.92 Å². The van der Waals surface area contributed by atoms with Crippen LogP contribution in [0.15, 0.2) is 78.9 Å². The first-order chi connectivity index (χ1) is 30.7. The molecule has 0 radical (unpaired) electrons. The van der Waals surface area contributed by atoms with E-state index in [4.69, 9.17) is 37.9 Å². The fourth-order valence-electron chi connectivity index (χ4n) is 7.30. The Morgan fingerprint density at radius 3 is 2.03 bits per heavy atom. The summed E-state index contributed by atoms with van der Waals surface area (Å²) >= 11 is 0. The molecule has 16 nitrogen and oxygen atoms in total. The summed E-state index contributed by atoms with van der Waals surface area (Å²) in [6.45, 7) is 12.9. The molecule has 1 aromatic heterocycles. The van der Waals surface area contributed by atoms with Crippen molar-refractivity contribution in [1.29, 1.82) is 0 Å². The van der Waals surface area contributed by atoms with Gasteiger partial charge in [0, 0.05) is 65.0 Å². The average molecular weight is 886 g/mol. The van der Waals surface area contributed by atoms with Crippen LogP contribution >= 0.6 is 0 Å². The maximum atomic E-state index is 12.6. The van der Waals surface area contributed by atoms with Gasteiger partial charge in [0.1, 0.15) is 25.1 Å². The molecule has 0 unspecified atom stereocenters. The average Bonchev–Trinajstić information content (AvgIpc) is 3.65. The number of carbonyl (C=O) groups excluding carboxylic acids is 5. The Hall–Kier alpha value is -6.26. The second kappa shape index (κ2) is 24.0. The van der Waals surface area contributed by atoms with Crippen LogP contribution < -0.4 is 9.47 Å². The molecular formula is C48H59N3O13. The van der Waals surface area contributed by atoms with Gasteiger partial charge in [-0.05, 0) is 53.6 Å². The molecule has 16 heteroatoms. The van der Waals surface area contributed by atoms with E-state index in [0.717, 1.165) is 55.1 Å². The van der Waals surface area contributed by atoms with Gasteiger partial charge >= 0.3 is 29.8 Å². The van der Waals surface area contributed by atoms with Crippen LogP contribution in [0.5, 0.6) is 11.6 Å². The number of aromatic nitrogens is 2. The Kier molecular flexibility index (Phi) is 18.3. The third-order valence-corrected chi connectivity index (χ3v) is 10.3. The van der Waals surface area contributed by atoms with Gasteiger partial charge in [-0.2, -0.15) is 0 Å². The molecule has 1 N–H and O–H groups in total. The molecule has 4 aromatic rings. The third-order valence-electron chi connectivity index (χ3n) is 10.3. The molecule has 5 atom stereocenters. The smallest absolute Gasteiger partial charge is 0.307 e. The number of hydrogen-bond acceptors (Lipinski definition) is 15. The summed E-state index contributed by atoms with van der Waals surface area (Å²) in [5.41, 5.74) is 5.48. The number of aryl methyl sites for hydroxylation is 1. The summed E-state index contributed by atoms with van der Waals surface area (Å²) in [5.74, 6) is -2.30. The number of hydrogen-bond donors (Lipinski definition) is 1. The lowest BCUT2D eigenvalue weighted by Gasteiger charge is -2.43. The molecule has 0 bridgehead atoms. The number of carbonyl (C=O) groups is 5. The molecule has 0 saturated carbocycles. The topological polar surface area (TPSA) is 191 Å². The first-order valence-electron chi connectivity index (χ1n) is 21.4. The van der Waals surface area contributed by atoms with Gasteiger partial charge in [0.25, 0.3) is 0 Å². The van der Waals surface area contributed by atoms with E-state index in [2.05, 4.69) is 27.2 Å². The quantitative estimate of drug-likeness (QED) is 0.0525. The SMILES string of the molecule is CC(=O)OC[C@H]1O[C@@H](Oc2n[nH]c(C(C)C)c2Cc2ccc(OCCCN(CCC(=O)OCc3ccccc3)Cc3ccccc3)cc2C)[C@H](OC(C)=O)[C@@H](OC(C)=O)[C@@H]1OC(C)=O. The number of aromatic amines is 1. The lowest BCUT2D eigenvalue weighted by Crippen LogP contribution is -2.63. The highest BCUT2D eigenvalue weighted by molar-refractivity contribution is 5.70. The standard InChI is InChI=1S/C48H59N3O13/c1-30(2)43-40(47(50-49-43)64-48-46(62-35(7)55)45(61-34(6)54)44(60-33(5)53)41(63-48)29-58-32(4)52)26-38-19-20-39(25-31(38)3)57-24-14-22-51(27-36-15-10-8-11-16-36)23-21-42(56)59-28-37-17-12-9-13-18-37/h8-13,15-20,25,30,41,44-46,48H,14,21-24,26-29H2,1-7H3,(H,49,50)/t41-,44-,45+,46-,48+/m1/s1. The second-order valence-electron chi connectivity index (χ2n) is 15.9. The van der Waals surface area contributed by atoms with Gasteiger partial charge in [-0.15, -0.1) is 5.10 Å². The largest absolute Gasteiger partial charge is 0.494 e. The molecule has 64 heavy (non-hydrogen) atoms. The molecule has 0 amide bonds. The number of nitrogens with one attached hydrogen (secondary N) is 1. The zero-order valence-corrected chi connectivity index (χ0v) is 37.5. The lowest BCUT2D eigenvalue weighted by atomic mass is 9.96. The Balaban J connectivity index is 1.26. The van der Waals surface area contributed by atoms with Crippen LogP contribution in [-0.4, -0.2) is 102 Å². The number of esters is 5. The molecule has 0 spiro atoms. The fourth-order valence-corrected chi connectivity index (χ4v) is 7.30. The summed E-state index contributed by atoms with van der Waals surface area (Å²) < 4.78 is 46.2. The zero-order chi connectivity index (χ0) is 46.2. The zero-order valence-electron chi connectivity index (χ0n) is 37.5. The summed E-state index contributed by atoms with van der Waals surface area (Å²) in [7, 11) is 0. The molecule has 5 rings (SSSR count). The van der Waals surface area contributed by atoms with E-state index in [9.17, 15) is 24.0 Å². The molecular weight excluding hydrogens is 827 g/mol. The Labute approximate surface area is 373 Å². The highest BCUT2D eigenvalue weighted by Gasteiger charge is 2.53. The highest BCUT2D eigenvalue weighted by Crippen LogP contribution is 2.35. The van der Waals surface area contributed by atoms with Crippen molar-refractivity contribution in [2.45, 2.75) is 118 Å². The van der Waals surface area contributed by atoms with Gasteiger partial charge in [0.05, 0.1) is 13.0 Å². The molecule has 0 aliphatic carbocycles. The summed E-state index contributed by atoms with van der Waals surface area (Å²) in [4.78, 5) is 63.7. The van der Waals surface area contributed by atoms with E-state index in [0.29, 0.717) is 44.0 Å². The second-order valence-corrected chi connectivity index (χ2v) is 15.9. The third kappa shape index (κ3) is 14.9. The normalized spacial score (nSPS) is 18.2. The van der Waals surface area contributed by atoms with Gasteiger partial charge in [0.2, 0.25) is 18.3 Å². The number of benzene rings is 3. The van der Waals surface area contributed by atoms with E-state index < -0.39 is 61.2 Å². The predicted molar refractivity (Wildman–Crippen MR) is 232 cm³/mol. The van der Waals surface area contributed by atoms with Crippen LogP contribution in [0.2, 0.25) is 0 Å². The van der Waals surface area contributed by atoms with Crippen molar-refractivity contribution in [3.8, 4) is 11.6 Å². The van der Waals surface area contributed by atoms with Crippen LogP contribution in [0, 0.1) is 6.92 Å². The molecule has 1 aliphatic rings. The maximum Gasteiger partial charge on any atom is 0.307 e. The summed E-state index contributed by atoms with van der Waals surface area (Å²) in [6.07, 6.45) is -5.41. The van der Waals surface area contributed by atoms with Crippen molar-refractivity contribution in [3.05, 3.63) is 112 Å². The fraction of sp³-hybridized carbons (Fsp3) is 0.458. The number of ether oxygens (including phenoxy) is 8. The Morgan fingerprint density at radius 1 is 0.766 bits per heavy atom. The first kappa shape index (κ1) is 48.8. The number of nitrogens with zero attached hydrogens (tertiary/aromatic N) is 2. The van der Waals surface area contributed by atoms with Crippen molar-refractivity contribution in [3.63, 3.8) is 0 Å². The molecule has 1 aliphatic heterocycles. The summed E-state index contributed by atoms with van der Waals surface area (Å²) in [6, 6.07) is 25.6. The van der Waals surface area contributed by atoms with Crippen LogP contribution in [0.4, 0.5) is 0 Å². The predicted octanol–water partition coefficient (Wildman–Crippen LogP) is 6.30. The van der Waals surface area contributed by atoms with Crippen molar-refractivity contribution < 1.29 is 61.9 Å². The number of rotatable bonds is 22. The molecule has 1 saturated heterocycles. The molecule has 2 heterocycles. The number of H-pyrrole nitrogens is 1. The van der Waals surface area contributed by atoms with Crippen LogP contribution in [0.3, 0.4) is 0 Å².